The first-order valence-electron chi connectivity index (χ1n) is 5.72. The van der Waals surface area contributed by atoms with E-state index in [1.54, 1.807) is 0 Å². The summed E-state index contributed by atoms with van der Waals surface area (Å²) in [4.78, 5) is 0. The van der Waals surface area contributed by atoms with E-state index in [1.807, 2.05) is 0 Å². The van der Waals surface area contributed by atoms with E-state index in [2.05, 4.69) is 58.9 Å². The zero-order chi connectivity index (χ0) is 13.2. The van der Waals surface area contributed by atoms with E-state index in [0.29, 0.717) is 0 Å². The Balaban J connectivity index is 4.53. The van der Waals surface area contributed by atoms with Gasteiger partial charge >= 0.3 is 9.53 Å². The fraction of sp³-hybridized carbons (Fsp3) is 1.00. The minimum absolute atomic E-state index is 1.53. The lowest BCUT2D eigenvalue weighted by Crippen LogP contribution is -2.49. The topological polar surface area (TPSA) is 27.7 Å². The third-order valence-electron chi connectivity index (χ3n) is 1.17. The Kier molecular flexibility index (Phi) is 5.85. The summed E-state index contributed by atoms with van der Waals surface area (Å²) in [5.74, 6) is 0. The highest BCUT2D eigenvalue weighted by molar-refractivity contribution is 6.83. The standard InChI is InChI=1S/C9H27O3Si4/c1-14(2,3)10-13(11-15(4,5)6)12-16(7,8)9/h1-9H3. The van der Waals surface area contributed by atoms with Crippen LogP contribution in [0.25, 0.3) is 0 Å². The van der Waals surface area contributed by atoms with E-state index in [1.165, 1.54) is 0 Å². The van der Waals surface area contributed by atoms with E-state index in [0.717, 1.165) is 0 Å². The minimum atomic E-state index is -1.58. The van der Waals surface area contributed by atoms with Crippen LogP contribution in [0.1, 0.15) is 0 Å². The van der Waals surface area contributed by atoms with Crippen molar-refractivity contribution >= 4 is 34.5 Å². The van der Waals surface area contributed by atoms with E-state index in [4.69, 9.17) is 12.3 Å². The molecule has 0 saturated heterocycles. The molecule has 0 heterocycles. The lowest BCUT2D eigenvalue weighted by atomic mass is 11.8. The van der Waals surface area contributed by atoms with Crippen LogP contribution in [0.15, 0.2) is 0 Å². The molecule has 1 radical (unpaired) electrons. The van der Waals surface area contributed by atoms with Crippen molar-refractivity contribution < 1.29 is 12.3 Å². The van der Waals surface area contributed by atoms with E-state index in [-0.39, 0.29) is 0 Å². The molecule has 0 spiro atoms. The van der Waals surface area contributed by atoms with Crippen LogP contribution in [-0.2, 0) is 12.3 Å². The molecular weight excluding hydrogens is 268 g/mol. The van der Waals surface area contributed by atoms with Crippen molar-refractivity contribution in [3.8, 4) is 0 Å². The molecule has 3 nitrogen and oxygen atoms in total. The quantitative estimate of drug-likeness (QED) is 0.702. The van der Waals surface area contributed by atoms with E-state index < -0.39 is 34.5 Å². The van der Waals surface area contributed by atoms with Gasteiger partial charge in [0.05, 0.1) is 0 Å². The van der Waals surface area contributed by atoms with Gasteiger partial charge in [0.2, 0.25) is 0 Å². The fourth-order valence-corrected chi connectivity index (χ4v) is 8.44. The number of hydrogen-bond acceptors (Lipinski definition) is 3. The second-order valence-electron chi connectivity index (χ2n) is 6.89. The molecule has 97 valence electrons. The van der Waals surface area contributed by atoms with Crippen LogP contribution < -0.4 is 0 Å². The predicted octanol–water partition coefficient (Wildman–Crippen LogP) is 3.53. The van der Waals surface area contributed by atoms with Crippen molar-refractivity contribution in [3.63, 3.8) is 0 Å². The lowest BCUT2D eigenvalue weighted by Gasteiger charge is -2.31. The van der Waals surface area contributed by atoms with Crippen LogP contribution in [0.4, 0.5) is 0 Å². The molecule has 0 rings (SSSR count). The summed E-state index contributed by atoms with van der Waals surface area (Å²) < 4.78 is 18.2. The average molecular weight is 296 g/mol. The first-order valence-corrected chi connectivity index (χ1v) is 17.2. The first kappa shape index (κ1) is 16.7. The highest BCUT2D eigenvalue weighted by Crippen LogP contribution is 2.16. The Morgan fingerprint density at radius 1 is 0.500 bits per heavy atom. The van der Waals surface area contributed by atoms with Crippen LogP contribution in [0.5, 0.6) is 0 Å². The van der Waals surface area contributed by atoms with Crippen LogP contribution in [-0.4, -0.2) is 34.5 Å². The van der Waals surface area contributed by atoms with Gasteiger partial charge in [0.1, 0.15) is 0 Å². The van der Waals surface area contributed by atoms with Crippen molar-refractivity contribution in [2.45, 2.75) is 58.9 Å². The number of hydrogen-bond donors (Lipinski definition) is 0. The molecule has 0 aliphatic heterocycles. The van der Waals surface area contributed by atoms with Crippen molar-refractivity contribution in [2.24, 2.45) is 0 Å². The van der Waals surface area contributed by atoms with Gasteiger partial charge in [0, 0.05) is 0 Å². The Labute approximate surface area is 106 Å². The normalized spacial score (nSPS) is 14.6. The maximum Gasteiger partial charge on any atom is 0.544 e. The van der Waals surface area contributed by atoms with E-state index >= 15 is 0 Å². The Morgan fingerprint density at radius 3 is 0.812 bits per heavy atom. The Hall–Kier alpha value is 0.748. The van der Waals surface area contributed by atoms with Crippen LogP contribution in [0.3, 0.4) is 0 Å². The van der Waals surface area contributed by atoms with Gasteiger partial charge in [-0.3, -0.25) is 0 Å². The third kappa shape index (κ3) is 11.2. The van der Waals surface area contributed by atoms with Crippen molar-refractivity contribution in [2.75, 3.05) is 0 Å². The lowest BCUT2D eigenvalue weighted by molar-refractivity contribution is 0.300. The zero-order valence-corrected chi connectivity index (χ0v) is 16.2. The summed E-state index contributed by atoms with van der Waals surface area (Å²) >= 11 is 0. The highest BCUT2D eigenvalue weighted by Gasteiger charge is 2.35. The van der Waals surface area contributed by atoms with E-state index in [9.17, 15) is 0 Å². The molecular formula is C9H27O3Si4. The molecule has 0 aromatic rings. The summed E-state index contributed by atoms with van der Waals surface area (Å²) in [6.45, 7) is 19.6. The van der Waals surface area contributed by atoms with Gasteiger partial charge < -0.3 is 12.3 Å². The fourth-order valence-electron chi connectivity index (χ4n) is 0.812. The molecule has 0 aromatic heterocycles. The monoisotopic (exact) mass is 295 g/mol. The molecule has 0 aromatic carbocycles. The van der Waals surface area contributed by atoms with Crippen LogP contribution in [0.2, 0.25) is 58.9 Å². The van der Waals surface area contributed by atoms with Crippen LogP contribution in [0, 0.1) is 0 Å². The van der Waals surface area contributed by atoms with Gasteiger partial charge in [-0.25, -0.2) is 0 Å². The molecule has 0 N–H and O–H groups in total. The first-order chi connectivity index (χ1) is 6.79. The zero-order valence-electron chi connectivity index (χ0n) is 12.2. The molecule has 0 aliphatic carbocycles. The van der Waals surface area contributed by atoms with Crippen molar-refractivity contribution in [3.05, 3.63) is 0 Å². The minimum Gasteiger partial charge on any atom is -0.415 e. The molecule has 16 heavy (non-hydrogen) atoms. The summed E-state index contributed by atoms with van der Waals surface area (Å²) in [5.41, 5.74) is 0. The Bertz CT molecular complexity index is 176. The van der Waals surface area contributed by atoms with Gasteiger partial charge in [-0.2, -0.15) is 0 Å². The summed E-state index contributed by atoms with van der Waals surface area (Å²) in [6.07, 6.45) is 0. The molecule has 0 saturated carbocycles. The van der Waals surface area contributed by atoms with Crippen molar-refractivity contribution in [1.29, 1.82) is 0 Å². The molecule has 0 unspecified atom stereocenters. The molecule has 0 fully saturated rings. The third-order valence-corrected chi connectivity index (χ3v) is 10.5. The largest absolute Gasteiger partial charge is 0.544 e. The predicted molar refractivity (Wildman–Crippen MR) is 79.0 cm³/mol. The van der Waals surface area contributed by atoms with Gasteiger partial charge in [0.25, 0.3) is 0 Å². The SMILES string of the molecule is C[Si](C)(C)O[Si](O[Si](C)(C)C)O[Si](C)(C)C. The average Bonchev–Trinajstić information content (AvgIpc) is 1.70. The smallest absolute Gasteiger partial charge is 0.415 e. The van der Waals surface area contributed by atoms with Gasteiger partial charge in [-0.1, -0.05) is 0 Å². The maximum absolute atomic E-state index is 6.06. The summed E-state index contributed by atoms with van der Waals surface area (Å²) in [5, 5.41) is 0. The van der Waals surface area contributed by atoms with Gasteiger partial charge in [0.15, 0.2) is 25.0 Å². The van der Waals surface area contributed by atoms with Crippen molar-refractivity contribution in [1.82, 2.24) is 0 Å². The summed E-state index contributed by atoms with van der Waals surface area (Å²) in [6, 6.07) is 0. The molecule has 7 heteroatoms. The van der Waals surface area contributed by atoms with Gasteiger partial charge in [-0.05, 0) is 58.9 Å². The molecule has 0 aliphatic rings. The number of rotatable bonds is 6. The molecule has 0 bridgehead atoms. The second kappa shape index (κ2) is 5.59. The molecule has 0 atom stereocenters. The summed E-state index contributed by atoms with van der Waals surface area (Å²) in [7, 11) is -6.27. The van der Waals surface area contributed by atoms with Crippen LogP contribution >= 0.6 is 0 Å². The molecule has 0 amide bonds. The maximum atomic E-state index is 6.06. The second-order valence-corrected chi connectivity index (χ2v) is 22.5. The highest BCUT2D eigenvalue weighted by atomic mass is 28.5. The van der Waals surface area contributed by atoms with Gasteiger partial charge in [-0.15, -0.1) is 0 Å². The Morgan fingerprint density at radius 2 is 0.688 bits per heavy atom.